The van der Waals surface area contributed by atoms with E-state index in [4.69, 9.17) is 0 Å². The van der Waals surface area contributed by atoms with Crippen LogP contribution in [0.3, 0.4) is 0 Å². The molecule has 0 amide bonds. The second-order valence-corrected chi connectivity index (χ2v) is 12.1. The average Bonchev–Trinajstić information content (AvgIpc) is 2.99. The second kappa shape index (κ2) is 8.62. The lowest BCUT2D eigenvalue weighted by Gasteiger charge is -2.34. The molecule has 2 nitrogen and oxygen atoms in total. The number of hydrazine groups is 1. The Hall–Kier alpha value is -1.80. The zero-order valence-electron chi connectivity index (χ0n) is 21.3. The standard InChI is InChI=1S/C29H44N2/c1-10-20(2)23-17-21(27(3,4)5)15-16-26(23)31-30-19-29(8,9)25-18-28(6,7)24-14-12-11-13-22(24)25/h11-17,20,25,30-31H,10,18-19H2,1-9H3. The molecule has 2 atom stereocenters. The number of nitrogens with one attached hydrogen (secondary N) is 2. The number of benzene rings is 2. The molecule has 2 aromatic rings. The minimum atomic E-state index is 0.152. The summed E-state index contributed by atoms with van der Waals surface area (Å²) in [5.74, 6) is 1.09. The van der Waals surface area contributed by atoms with Crippen molar-refractivity contribution < 1.29 is 0 Å². The number of anilines is 1. The van der Waals surface area contributed by atoms with Crippen molar-refractivity contribution in [3.05, 3.63) is 64.7 Å². The zero-order chi connectivity index (χ0) is 23.0. The largest absolute Gasteiger partial charge is 0.321 e. The number of rotatable bonds is 7. The fourth-order valence-corrected chi connectivity index (χ4v) is 5.11. The summed E-state index contributed by atoms with van der Waals surface area (Å²) in [6.07, 6.45) is 2.35. The molecule has 0 aromatic heterocycles. The summed E-state index contributed by atoms with van der Waals surface area (Å²) >= 11 is 0. The zero-order valence-corrected chi connectivity index (χ0v) is 21.3. The Bertz CT molecular complexity index is 901. The van der Waals surface area contributed by atoms with Crippen LogP contribution in [0, 0.1) is 5.41 Å². The first-order valence-corrected chi connectivity index (χ1v) is 12.1. The lowest BCUT2D eigenvalue weighted by molar-refractivity contribution is 0.254. The quantitative estimate of drug-likeness (QED) is 0.445. The third kappa shape index (κ3) is 5.00. The van der Waals surface area contributed by atoms with Crippen molar-refractivity contribution in [1.29, 1.82) is 0 Å². The van der Waals surface area contributed by atoms with Crippen LogP contribution in [0.4, 0.5) is 5.69 Å². The molecular formula is C29H44N2. The summed E-state index contributed by atoms with van der Waals surface area (Å²) in [6, 6.07) is 16.0. The summed E-state index contributed by atoms with van der Waals surface area (Å²) in [5, 5.41) is 0. The van der Waals surface area contributed by atoms with Gasteiger partial charge in [-0.3, -0.25) is 0 Å². The van der Waals surface area contributed by atoms with Gasteiger partial charge in [-0.1, -0.05) is 98.7 Å². The number of hydrogen-bond acceptors (Lipinski definition) is 2. The van der Waals surface area contributed by atoms with E-state index in [9.17, 15) is 0 Å². The SMILES string of the molecule is CCC(C)c1cc(C(C)(C)C)ccc1NNCC(C)(C)C1CC(C)(C)c2ccccc21. The monoisotopic (exact) mass is 420 g/mol. The van der Waals surface area contributed by atoms with E-state index in [2.05, 4.69) is 116 Å². The molecule has 0 heterocycles. The van der Waals surface area contributed by atoms with Gasteiger partial charge in [0.05, 0.1) is 5.69 Å². The summed E-state index contributed by atoms with van der Waals surface area (Å²) in [7, 11) is 0. The van der Waals surface area contributed by atoms with E-state index in [1.165, 1.54) is 34.4 Å². The third-order valence-electron chi connectivity index (χ3n) is 7.55. The van der Waals surface area contributed by atoms with Crippen LogP contribution < -0.4 is 10.9 Å². The van der Waals surface area contributed by atoms with E-state index in [1.54, 1.807) is 0 Å². The molecule has 0 bridgehead atoms. The highest BCUT2D eigenvalue weighted by Gasteiger charge is 2.43. The maximum Gasteiger partial charge on any atom is 0.0522 e. The van der Waals surface area contributed by atoms with Crippen molar-refractivity contribution in [2.75, 3.05) is 12.0 Å². The molecule has 3 rings (SSSR count). The van der Waals surface area contributed by atoms with Gasteiger partial charge < -0.3 is 5.43 Å². The van der Waals surface area contributed by atoms with Crippen molar-refractivity contribution in [1.82, 2.24) is 5.43 Å². The van der Waals surface area contributed by atoms with Crippen molar-refractivity contribution in [3.63, 3.8) is 0 Å². The maximum absolute atomic E-state index is 3.60. The van der Waals surface area contributed by atoms with Crippen LogP contribution in [0.25, 0.3) is 0 Å². The van der Waals surface area contributed by atoms with Gasteiger partial charge in [0, 0.05) is 6.54 Å². The van der Waals surface area contributed by atoms with Gasteiger partial charge in [0.15, 0.2) is 0 Å². The summed E-state index contributed by atoms with van der Waals surface area (Å²) in [5.41, 5.74) is 14.8. The summed E-state index contributed by atoms with van der Waals surface area (Å²) in [4.78, 5) is 0. The first-order chi connectivity index (χ1) is 14.4. The molecule has 0 saturated carbocycles. The molecule has 0 spiro atoms. The number of fused-ring (bicyclic) bond motifs is 1. The van der Waals surface area contributed by atoms with Crippen LogP contribution in [0.2, 0.25) is 0 Å². The fourth-order valence-electron chi connectivity index (χ4n) is 5.11. The van der Waals surface area contributed by atoms with Crippen molar-refractivity contribution in [2.24, 2.45) is 5.41 Å². The molecule has 1 aliphatic rings. The van der Waals surface area contributed by atoms with E-state index < -0.39 is 0 Å². The van der Waals surface area contributed by atoms with E-state index in [1.807, 2.05) is 0 Å². The molecule has 2 aromatic carbocycles. The highest BCUT2D eigenvalue weighted by Crippen LogP contribution is 2.52. The molecule has 1 aliphatic carbocycles. The Morgan fingerprint density at radius 1 is 1.03 bits per heavy atom. The van der Waals surface area contributed by atoms with Gasteiger partial charge in [-0.05, 0) is 69.2 Å². The molecule has 0 fully saturated rings. The minimum Gasteiger partial charge on any atom is -0.321 e. The Kier molecular flexibility index (Phi) is 6.63. The minimum absolute atomic E-state index is 0.152. The van der Waals surface area contributed by atoms with E-state index >= 15 is 0 Å². The van der Waals surface area contributed by atoms with E-state index in [-0.39, 0.29) is 16.2 Å². The molecule has 2 heteroatoms. The lowest BCUT2D eigenvalue weighted by atomic mass is 9.74. The van der Waals surface area contributed by atoms with Gasteiger partial charge >= 0.3 is 0 Å². The van der Waals surface area contributed by atoms with Crippen molar-refractivity contribution in [3.8, 4) is 0 Å². The topological polar surface area (TPSA) is 24.1 Å². The van der Waals surface area contributed by atoms with Crippen LogP contribution in [-0.2, 0) is 10.8 Å². The molecule has 170 valence electrons. The number of hydrogen-bond donors (Lipinski definition) is 2. The predicted molar refractivity (Wildman–Crippen MR) is 136 cm³/mol. The molecule has 0 radical (unpaired) electrons. The van der Waals surface area contributed by atoms with Crippen molar-refractivity contribution >= 4 is 5.69 Å². The van der Waals surface area contributed by atoms with Crippen LogP contribution in [-0.4, -0.2) is 6.54 Å². The van der Waals surface area contributed by atoms with Crippen LogP contribution in [0.15, 0.2) is 42.5 Å². The molecular weight excluding hydrogens is 376 g/mol. The first-order valence-electron chi connectivity index (χ1n) is 12.1. The Balaban J connectivity index is 1.75. The highest BCUT2D eigenvalue weighted by molar-refractivity contribution is 5.54. The normalized spacial score (nSPS) is 19.2. The lowest BCUT2D eigenvalue weighted by Crippen LogP contribution is -2.37. The summed E-state index contributed by atoms with van der Waals surface area (Å²) in [6.45, 7) is 22.0. The molecule has 0 aliphatic heterocycles. The van der Waals surface area contributed by atoms with Gasteiger partial charge in [-0.2, -0.15) is 0 Å². The highest BCUT2D eigenvalue weighted by atomic mass is 15.4. The Morgan fingerprint density at radius 3 is 2.35 bits per heavy atom. The average molecular weight is 421 g/mol. The van der Waals surface area contributed by atoms with Gasteiger partial charge in [0.25, 0.3) is 0 Å². The molecule has 2 unspecified atom stereocenters. The maximum atomic E-state index is 3.60. The Labute approximate surface area is 191 Å². The predicted octanol–water partition coefficient (Wildman–Crippen LogP) is 7.91. The van der Waals surface area contributed by atoms with Gasteiger partial charge in [0.2, 0.25) is 0 Å². The van der Waals surface area contributed by atoms with Crippen LogP contribution in [0.1, 0.15) is 109 Å². The van der Waals surface area contributed by atoms with Gasteiger partial charge in [-0.25, -0.2) is 5.43 Å². The van der Waals surface area contributed by atoms with Crippen LogP contribution >= 0.6 is 0 Å². The van der Waals surface area contributed by atoms with Gasteiger partial charge in [0.1, 0.15) is 0 Å². The Morgan fingerprint density at radius 2 is 1.71 bits per heavy atom. The second-order valence-electron chi connectivity index (χ2n) is 12.1. The van der Waals surface area contributed by atoms with E-state index in [0.717, 1.165) is 13.0 Å². The van der Waals surface area contributed by atoms with Gasteiger partial charge in [-0.15, -0.1) is 0 Å². The fraction of sp³-hybridized carbons (Fsp3) is 0.586. The van der Waals surface area contributed by atoms with E-state index in [0.29, 0.717) is 11.8 Å². The first kappa shape index (κ1) is 23.9. The van der Waals surface area contributed by atoms with Crippen molar-refractivity contribution in [2.45, 2.75) is 97.8 Å². The smallest absolute Gasteiger partial charge is 0.0522 e. The molecule has 0 saturated heterocycles. The molecule has 31 heavy (non-hydrogen) atoms. The van der Waals surface area contributed by atoms with Crippen LogP contribution in [0.5, 0.6) is 0 Å². The summed E-state index contributed by atoms with van der Waals surface area (Å²) < 4.78 is 0. The third-order valence-corrected chi connectivity index (χ3v) is 7.55. The molecule has 2 N–H and O–H groups in total.